The summed E-state index contributed by atoms with van der Waals surface area (Å²) in [5.41, 5.74) is 2.63. The number of carbonyl (C=O) groups excluding carboxylic acids is 1. The van der Waals surface area contributed by atoms with Crippen LogP contribution in [0.2, 0.25) is 0 Å². The minimum absolute atomic E-state index is 0.0958. The molecule has 0 saturated carbocycles. The number of ether oxygens (including phenoxy) is 1. The van der Waals surface area contributed by atoms with Crippen LogP contribution >= 0.6 is 0 Å². The number of carbonyl (C=O) groups is 1. The largest absolute Gasteiger partial charge is 0.464 e. The smallest absolute Gasteiger partial charge is 0.310 e. The van der Waals surface area contributed by atoms with E-state index in [0.29, 0.717) is 5.76 Å². The lowest BCUT2D eigenvalue weighted by Crippen LogP contribution is -2.07. The maximum Gasteiger partial charge on any atom is 0.310 e. The molecule has 0 aliphatic heterocycles. The Bertz CT molecular complexity index is 1010. The molecule has 0 spiro atoms. The van der Waals surface area contributed by atoms with Gasteiger partial charge in [-0.2, -0.15) is 0 Å². The van der Waals surface area contributed by atoms with Gasteiger partial charge in [0.05, 0.1) is 18.9 Å². The van der Waals surface area contributed by atoms with Gasteiger partial charge in [-0.15, -0.1) is 10.2 Å². The zero-order valence-electron chi connectivity index (χ0n) is 13.4. The molecule has 4 rings (SSSR count). The van der Waals surface area contributed by atoms with Crippen LogP contribution in [0.1, 0.15) is 17.0 Å². The van der Waals surface area contributed by atoms with Crippen molar-refractivity contribution in [3.05, 3.63) is 59.9 Å². The van der Waals surface area contributed by atoms with E-state index in [4.69, 9.17) is 18.0 Å². The van der Waals surface area contributed by atoms with E-state index in [-0.39, 0.29) is 24.8 Å². The molecule has 0 fully saturated rings. The third kappa shape index (κ3) is 3.16. The van der Waals surface area contributed by atoms with Gasteiger partial charge >= 0.3 is 5.97 Å². The zero-order valence-corrected chi connectivity index (χ0v) is 13.4. The first-order valence-corrected chi connectivity index (χ1v) is 7.67. The van der Waals surface area contributed by atoms with Crippen LogP contribution < -0.4 is 0 Å². The topological polar surface area (TPSA) is 91.5 Å². The van der Waals surface area contributed by atoms with Gasteiger partial charge in [0.2, 0.25) is 0 Å². The fraction of sp³-hybridized carbons (Fsp3) is 0.167. The van der Waals surface area contributed by atoms with Gasteiger partial charge in [-0.25, -0.2) is 0 Å². The fourth-order valence-corrected chi connectivity index (χ4v) is 2.49. The molecule has 7 heteroatoms. The molecule has 1 aromatic carbocycles. The molecular weight excluding hydrogens is 324 g/mol. The average molecular weight is 338 g/mol. The molecule has 0 saturated heterocycles. The summed E-state index contributed by atoms with van der Waals surface area (Å²) in [5.74, 6) is 0.505. The number of nitrogens with zero attached hydrogens (tertiary/aromatic N) is 2. The number of aryl methyl sites for hydroxylation is 1. The highest BCUT2D eigenvalue weighted by Crippen LogP contribution is 2.23. The Hall–Kier alpha value is -3.35. The van der Waals surface area contributed by atoms with Crippen molar-refractivity contribution in [1.29, 1.82) is 0 Å². The van der Waals surface area contributed by atoms with Crippen LogP contribution in [0.15, 0.2) is 56.1 Å². The van der Waals surface area contributed by atoms with Gasteiger partial charge < -0.3 is 18.0 Å². The van der Waals surface area contributed by atoms with Crippen molar-refractivity contribution in [3.8, 4) is 11.7 Å². The van der Waals surface area contributed by atoms with Crippen LogP contribution in [0.3, 0.4) is 0 Å². The number of esters is 1. The Kier molecular flexibility index (Phi) is 3.81. The average Bonchev–Trinajstić information content (AvgIpc) is 3.33. The van der Waals surface area contributed by atoms with Gasteiger partial charge in [0.25, 0.3) is 11.8 Å². The van der Waals surface area contributed by atoms with Crippen LogP contribution in [-0.4, -0.2) is 16.2 Å². The van der Waals surface area contributed by atoms with Gasteiger partial charge in [0, 0.05) is 10.9 Å². The van der Waals surface area contributed by atoms with Crippen molar-refractivity contribution in [3.63, 3.8) is 0 Å². The molecular formula is C18H14N2O5. The number of benzene rings is 1. The van der Waals surface area contributed by atoms with E-state index in [2.05, 4.69) is 10.2 Å². The van der Waals surface area contributed by atoms with Crippen molar-refractivity contribution in [2.75, 3.05) is 0 Å². The Morgan fingerprint density at radius 1 is 1.20 bits per heavy atom. The predicted octanol–water partition coefficient (Wildman–Crippen LogP) is 3.67. The highest BCUT2D eigenvalue weighted by atomic mass is 16.5. The molecule has 0 N–H and O–H groups in total. The monoisotopic (exact) mass is 338 g/mol. The number of hydrogen-bond donors (Lipinski definition) is 0. The lowest BCUT2D eigenvalue weighted by molar-refractivity contribution is -0.144. The second-order valence-electron chi connectivity index (χ2n) is 5.58. The standard InChI is InChI=1S/C18H14N2O5/c1-11-4-5-13-12(9-23-15(13)7-11)8-17(21)24-10-16-19-20-18(25-16)14-3-2-6-22-14/h2-7,9H,8,10H2,1H3. The molecule has 0 radical (unpaired) electrons. The fourth-order valence-electron chi connectivity index (χ4n) is 2.49. The minimum atomic E-state index is -0.402. The Morgan fingerprint density at radius 2 is 2.12 bits per heavy atom. The van der Waals surface area contributed by atoms with Crippen LogP contribution in [0.4, 0.5) is 0 Å². The highest BCUT2D eigenvalue weighted by molar-refractivity contribution is 5.86. The number of rotatable bonds is 5. The highest BCUT2D eigenvalue weighted by Gasteiger charge is 2.15. The summed E-state index contributed by atoms with van der Waals surface area (Å²) in [6.45, 7) is 1.89. The summed E-state index contributed by atoms with van der Waals surface area (Å²) in [4.78, 5) is 12.1. The molecule has 25 heavy (non-hydrogen) atoms. The van der Waals surface area contributed by atoms with Gasteiger partial charge in [-0.05, 0) is 30.7 Å². The number of fused-ring (bicyclic) bond motifs is 1. The van der Waals surface area contributed by atoms with Crippen molar-refractivity contribution < 1.29 is 22.8 Å². The molecule has 4 aromatic rings. The van der Waals surface area contributed by atoms with E-state index in [9.17, 15) is 4.79 Å². The van der Waals surface area contributed by atoms with E-state index in [1.54, 1.807) is 18.4 Å². The normalized spacial score (nSPS) is 11.1. The lowest BCUT2D eigenvalue weighted by Gasteiger charge is -2.01. The van der Waals surface area contributed by atoms with Crippen molar-refractivity contribution in [2.45, 2.75) is 20.0 Å². The molecule has 0 bridgehead atoms. The molecule has 3 aromatic heterocycles. The zero-order chi connectivity index (χ0) is 17.2. The Balaban J connectivity index is 1.39. The number of hydrogen-bond acceptors (Lipinski definition) is 7. The summed E-state index contributed by atoms with van der Waals surface area (Å²) in [6, 6.07) is 9.26. The quantitative estimate of drug-likeness (QED) is 0.513. The first-order valence-electron chi connectivity index (χ1n) is 7.67. The van der Waals surface area contributed by atoms with E-state index in [0.717, 1.165) is 22.1 Å². The summed E-state index contributed by atoms with van der Waals surface area (Å²) >= 11 is 0. The summed E-state index contributed by atoms with van der Waals surface area (Å²) in [6.07, 6.45) is 3.19. The second-order valence-corrected chi connectivity index (χ2v) is 5.58. The first kappa shape index (κ1) is 15.2. The maximum absolute atomic E-state index is 12.1. The molecule has 0 amide bonds. The number of furan rings is 2. The third-order valence-corrected chi connectivity index (χ3v) is 3.70. The molecule has 126 valence electrons. The Labute approximate surface area is 142 Å². The van der Waals surface area contributed by atoms with Gasteiger partial charge in [0.1, 0.15) is 5.58 Å². The second kappa shape index (κ2) is 6.27. The van der Waals surface area contributed by atoms with Crippen LogP contribution in [0.5, 0.6) is 0 Å². The SMILES string of the molecule is Cc1ccc2c(CC(=O)OCc3nnc(-c4ccco4)o3)coc2c1. The van der Waals surface area contributed by atoms with Gasteiger partial charge in [-0.3, -0.25) is 4.79 Å². The molecule has 0 aliphatic carbocycles. The van der Waals surface area contributed by atoms with E-state index >= 15 is 0 Å². The molecule has 0 unspecified atom stereocenters. The summed E-state index contributed by atoms with van der Waals surface area (Å²) in [5, 5.41) is 8.58. The van der Waals surface area contributed by atoms with E-state index in [1.165, 1.54) is 6.26 Å². The van der Waals surface area contributed by atoms with Crippen LogP contribution in [-0.2, 0) is 22.6 Å². The van der Waals surface area contributed by atoms with Crippen molar-refractivity contribution in [2.24, 2.45) is 0 Å². The third-order valence-electron chi connectivity index (χ3n) is 3.70. The molecule has 0 atom stereocenters. The van der Waals surface area contributed by atoms with Crippen molar-refractivity contribution >= 4 is 16.9 Å². The van der Waals surface area contributed by atoms with E-state index < -0.39 is 5.97 Å². The van der Waals surface area contributed by atoms with Crippen LogP contribution in [0.25, 0.3) is 22.6 Å². The van der Waals surface area contributed by atoms with Crippen LogP contribution in [0, 0.1) is 6.92 Å². The predicted molar refractivity (Wildman–Crippen MR) is 86.5 cm³/mol. The number of aromatic nitrogens is 2. The molecule has 0 aliphatic rings. The molecule has 7 nitrogen and oxygen atoms in total. The maximum atomic E-state index is 12.1. The van der Waals surface area contributed by atoms with Gasteiger partial charge in [-0.1, -0.05) is 12.1 Å². The van der Waals surface area contributed by atoms with Gasteiger partial charge in [0.15, 0.2) is 12.4 Å². The first-order chi connectivity index (χ1) is 12.2. The summed E-state index contributed by atoms with van der Waals surface area (Å²) in [7, 11) is 0. The lowest BCUT2D eigenvalue weighted by atomic mass is 10.1. The van der Waals surface area contributed by atoms with E-state index in [1.807, 2.05) is 25.1 Å². The van der Waals surface area contributed by atoms with Crippen molar-refractivity contribution in [1.82, 2.24) is 10.2 Å². The molecule has 3 heterocycles. The Morgan fingerprint density at radius 3 is 2.96 bits per heavy atom. The minimum Gasteiger partial charge on any atom is -0.464 e. The summed E-state index contributed by atoms with van der Waals surface area (Å²) < 4.78 is 21.2.